The third kappa shape index (κ3) is 3.96. The van der Waals surface area contributed by atoms with Crippen molar-refractivity contribution in [2.75, 3.05) is 5.32 Å². The topological polar surface area (TPSA) is 54.3 Å². The lowest BCUT2D eigenvalue weighted by Gasteiger charge is -2.21. The van der Waals surface area contributed by atoms with Crippen molar-refractivity contribution in [1.29, 1.82) is 0 Å². The van der Waals surface area contributed by atoms with E-state index in [1.807, 2.05) is 0 Å². The number of furan rings is 1. The standard InChI is InChI=1S/C18H21BrN2O2/c1-2-15(20-18(22)21-17-10-9-16(19)23-17)14-8-7-12-5-3-4-6-13(12)11-14/h7-11,15H,2-6H2,1H3,(H2,20,21,22). The number of nitrogens with one attached hydrogen (secondary N) is 2. The monoisotopic (exact) mass is 376 g/mol. The van der Waals surface area contributed by atoms with Crippen molar-refractivity contribution in [2.24, 2.45) is 0 Å². The average molecular weight is 377 g/mol. The van der Waals surface area contributed by atoms with E-state index in [4.69, 9.17) is 4.42 Å². The van der Waals surface area contributed by atoms with Gasteiger partial charge in [-0.1, -0.05) is 25.1 Å². The average Bonchev–Trinajstić information content (AvgIpc) is 2.97. The van der Waals surface area contributed by atoms with Gasteiger partial charge in [-0.15, -0.1) is 0 Å². The van der Waals surface area contributed by atoms with E-state index in [-0.39, 0.29) is 12.1 Å². The predicted octanol–water partition coefficient (Wildman–Crippen LogP) is 5.19. The Labute approximate surface area is 144 Å². The number of urea groups is 1. The molecule has 3 rings (SSSR count). The Balaban J connectivity index is 1.68. The summed E-state index contributed by atoms with van der Waals surface area (Å²) in [6.45, 7) is 2.08. The number of carbonyl (C=O) groups excluding carboxylic acids is 1. The van der Waals surface area contributed by atoms with E-state index in [2.05, 4.69) is 51.7 Å². The zero-order valence-electron chi connectivity index (χ0n) is 13.2. The number of fused-ring (bicyclic) bond motifs is 1. The smallest absolute Gasteiger partial charge is 0.322 e. The maximum absolute atomic E-state index is 12.2. The predicted molar refractivity (Wildman–Crippen MR) is 94.7 cm³/mol. The molecule has 2 aromatic rings. The Morgan fingerprint density at radius 1 is 1.22 bits per heavy atom. The molecule has 0 bridgehead atoms. The number of amides is 2. The van der Waals surface area contributed by atoms with Crippen molar-refractivity contribution in [2.45, 2.75) is 45.1 Å². The van der Waals surface area contributed by atoms with E-state index in [0.29, 0.717) is 10.6 Å². The molecule has 0 aliphatic heterocycles. The fraction of sp³-hybridized carbons (Fsp3) is 0.389. The Bertz CT molecular complexity index is 696. The van der Waals surface area contributed by atoms with E-state index in [1.165, 1.54) is 36.0 Å². The van der Waals surface area contributed by atoms with E-state index in [1.54, 1.807) is 12.1 Å². The van der Waals surface area contributed by atoms with Crippen LogP contribution >= 0.6 is 15.9 Å². The third-order valence-corrected chi connectivity index (χ3v) is 4.72. The molecule has 2 amide bonds. The molecule has 0 saturated heterocycles. The molecular weight excluding hydrogens is 356 g/mol. The number of hydrogen-bond acceptors (Lipinski definition) is 2. The fourth-order valence-corrected chi connectivity index (χ4v) is 3.39. The molecule has 2 N–H and O–H groups in total. The molecule has 0 spiro atoms. The van der Waals surface area contributed by atoms with Crippen molar-refractivity contribution in [3.05, 3.63) is 51.7 Å². The first-order chi connectivity index (χ1) is 11.2. The number of hydrogen-bond donors (Lipinski definition) is 2. The molecule has 0 fully saturated rings. The molecule has 0 saturated carbocycles. The normalized spacial score (nSPS) is 14.9. The van der Waals surface area contributed by atoms with Crippen LogP contribution in [0.3, 0.4) is 0 Å². The Hall–Kier alpha value is -1.75. The Kier molecular flexibility index (Phi) is 5.06. The molecular formula is C18H21BrN2O2. The van der Waals surface area contributed by atoms with Gasteiger partial charge >= 0.3 is 6.03 Å². The molecule has 1 aromatic heterocycles. The first-order valence-electron chi connectivity index (χ1n) is 8.10. The van der Waals surface area contributed by atoms with Gasteiger partial charge in [0.15, 0.2) is 4.67 Å². The summed E-state index contributed by atoms with van der Waals surface area (Å²) in [5, 5.41) is 5.74. The summed E-state index contributed by atoms with van der Waals surface area (Å²) in [6, 6.07) is 9.82. The fourth-order valence-electron chi connectivity index (χ4n) is 3.08. The summed E-state index contributed by atoms with van der Waals surface area (Å²) >= 11 is 3.22. The van der Waals surface area contributed by atoms with Gasteiger partial charge in [0, 0.05) is 6.07 Å². The van der Waals surface area contributed by atoms with Gasteiger partial charge in [-0.05, 0) is 70.8 Å². The van der Waals surface area contributed by atoms with Gasteiger partial charge in [0.1, 0.15) is 0 Å². The van der Waals surface area contributed by atoms with Crippen LogP contribution < -0.4 is 10.6 Å². The summed E-state index contributed by atoms with van der Waals surface area (Å²) in [5.41, 5.74) is 4.06. The molecule has 1 heterocycles. The summed E-state index contributed by atoms with van der Waals surface area (Å²) in [5.74, 6) is 0.426. The maximum Gasteiger partial charge on any atom is 0.322 e. The highest BCUT2D eigenvalue weighted by Gasteiger charge is 2.16. The van der Waals surface area contributed by atoms with Crippen molar-refractivity contribution in [3.63, 3.8) is 0 Å². The minimum Gasteiger partial charge on any atom is -0.434 e. The molecule has 1 atom stereocenters. The molecule has 4 nitrogen and oxygen atoms in total. The number of benzene rings is 1. The molecule has 1 unspecified atom stereocenters. The lowest BCUT2D eigenvalue weighted by atomic mass is 9.89. The zero-order valence-corrected chi connectivity index (χ0v) is 14.8. The van der Waals surface area contributed by atoms with Crippen LogP contribution in [0.1, 0.15) is 48.9 Å². The van der Waals surface area contributed by atoms with E-state index < -0.39 is 0 Å². The van der Waals surface area contributed by atoms with Crippen LogP contribution in [-0.4, -0.2) is 6.03 Å². The second kappa shape index (κ2) is 7.21. The summed E-state index contributed by atoms with van der Waals surface area (Å²) in [7, 11) is 0. The molecule has 1 aliphatic rings. The number of aryl methyl sites for hydroxylation is 2. The molecule has 1 aliphatic carbocycles. The van der Waals surface area contributed by atoms with Gasteiger partial charge in [-0.25, -0.2) is 4.79 Å². The van der Waals surface area contributed by atoms with Crippen molar-refractivity contribution in [3.8, 4) is 0 Å². The van der Waals surface area contributed by atoms with Crippen LogP contribution in [0, 0.1) is 0 Å². The van der Waals surface area contributed by atoms with Gasteiger partial charge in [0.05, 0.1) is 6.04 Å². The minimum atomic E-state index is -0.253. The highest BCUT2D eigenvalue weighted by Crippen LogP contribution is 2.26. The van der Waals surface area contributed by atoms with Crippen molar-refractivity contribution in [1.82, 2.24) is 5.32 Å². The summed E-state index contributed by atoms with van der Waals surface area (Å²) in [4.78, 5) is 12.2. The highest BCUT2D eigenvalue weighted by atomic mass is 79.9. The summed E-state index contributed by atoms with van der Waals surface area (Å²) < 4.78 is 5.89. The van der Waals surface area contributed by atoms with Crippen LogP contribution in [0.5, 0.6) is 0 Å². The van der Waals surface area contributed by atoms with Crippen LogP contribution in [0.15, 0.2) is 39.4 Å². The quantitative estimate of drug-likeness (QED) is 0.770. The van der Waals surface area contributed by atoms with Crippen molar-refractivity contribution >= 4 is 27.8 Å². The van der Waals surface area contributed by atoms with Gasteiger partial charge in [0.2, 0.25) is 5.88 Å². The number of rotatable bonds is 4. The van der Waals surface area contributed by atoms with Gasteiger partial charge in [0.25, 0.3) is 0 Å². The maximum atomic E-state index is 12.2. The lowest BCUT2D eigenvalue weighted by Crippen LogP contribution is -2.32. The molecule has 0 radical (unpaired) electrons. The van der Waals surface area contributed by atoms with Gasteiger partial charge < -0.3 is 9.73 Å². The first-order valence-corrected chi connectivity index (χ1v) is 8.89. The third-order valence-electron chi connectivity index (χ3n) is 4.30. The largest absolute Gasteiger partial charge is 0.434 e. The molecule has 5 heteroatoms. The number of halogens is 1. The van der Waals surface area contributed by atoms with Crippen molar-refractivity contribution < 1.29 is 9.21 Å². The molecule has 122 valence electrons. The highest BCUT2D eigenvalue weighted by molar-refractivity contribution is 9.10. The molecule has 23 heavy (non-hydrogen) atoms. The first kappa shape index (κ1) is 16.1. The molecule has 1 aromatic carbocycles. The second-order valence-electron chi connectivity index (χ2n) is 5.90. The van der Waals surface area contributed by atoms with E-state index >= 15 is 0 Å². The van der Waals surface area contributed by atoms with Gasteiger partial charge in [-0.2, -0.15) is 0 Å². The van der Waals surface area contributed by atoms with Crippen LogP contribution in [0.25, 0.3) is 0 Å². The number of carbonyl (C=O) groups is 1. The SMILES string of the molecule is CCC(NC(=O)Nc1ccc(Br)o1)c1ccc2c(c1)CCCC2. The van der Waals surface area contributed by atoms with Crippen LogP contribution in [-0.2, 0) is 12.8 Å². The lowest BCUT2D eigenvalue weighted by molar-refractivity contribution is 0.247. The summed E-state index contributed by atoms with van der Waals surface area (Å²) in [6.07, 6.45) is 5.70. The van der Waals surface area contributed by atoms with Crippen LogP contribution in [0.2, 0.25) is 0 Å². The number of anilines is 1. The van der Waals surface area contributed by atoms with E-state index in [9.17, 15) is 4.79 Å². The zero-order chi connectivity index (χ0) is 16.2. The van der Waals surface area contributed by atoms with Crippen LogP contribution in [0.4, 0.5) is 10.7 Å². The van der Waals surface area contributed by atoms with Gasteiger partial charge in [-0.3, -0.25) is 5.32 Å². The Morgan fingerprint density at radius 3 is 2.70 bits per heavy atom. The van der Waals surface area contributed by atoms with E-state index in [0.717, 1.165) is 12.8 Å². The Morgan fingerprint density at radius 2 is 2.00 bits per heavy atom. The minimum absolute atomic E-state index is 0.000583. The second-order valence-corrected chi connectivity index (χ2v) is 6.68.